The topological polar surface area (TPSA) is 63.4 Å². The van der Waals surface area contributed by atoms with Crippen molar-refractivity contribution in [3.8, 4) is 0 Å². The molecule has 2 fully saturated rings. The van der Waals surface area contributed by atoms with E-state index in [1.807, 2.05) is 30.5 Å². The van der Waals surface area contributed by atoms with Crippen molar-refractivity contribution < 1.29 is 9.59 Å². The van der Waals surface area contributed by atoms with Gasteiger partial charge in [-0.25, -0.2) is 0 Å². The molecule has 2 amide bonds. The van der Waals surface area contributed by atoms with Crippen LogP contribution in [0, 0.1) is 11.3 Å². The van der Waals surface area contributed by atoms with Crippen LogP contribution in [0.2, 0.25) is 0 Å². The molecule has 0 aromatic heterocycles. The first-order valence-corrected chi connectivity index (χ1v) is 7.99. The van der Waals surface area contributed by atoms with Crippen molar-refractivity contribution in [2.24, 2.45) is 17.1 Å². The number of thioether (sulfide) groups is 1. The predicted molar refractivity (Wildman–Crippen MR) is 78.2 cm³/mol. The number of likely N-dealkylation sites (tertiary alicyclic amines) is 1. The van der Waals surface area contributed by atoms with Crippen LogP contribution in [0.4, 0.5) is 0 Å². The average Bonchev–Trinajstić information content (AvgIpc) is 3.02. The molecular formula is C15H18N2O2S. The van der Waals surface area contributed by atoms with Gasteiger partial charge in [-0.15, -0.1) is 11.8 Å². The van der Waals surface area contributed by atoms with E-state index in [9.17, 15) is 9.59 Å². The largest absolute Gasteiger partial charge is 0.369 e. The van der Waals surface area contributed by atoms with Crippen LogP contribution in [0.1, 0.15) is 12.0 Å². The van der Waals surface area contributed by atoms with E-state index in [-0.39, 0.29) is 11.8 Å². The Labute approximate surface area is 122 Å². The lowest BCUT2D eigenvalue weighted by molar-refractivity contribution is -0.131. The van der Waals surface area contributed by atoms with Gasteiger partial charge >= 0.3 is 0 Å². The fraction of sp³-hybridized carbons (Fsp3) is 0.467. The molecule has 1 heterocycles. The molecule has 2 aliphatic rings. The van der Waals surface area contributed by atoms with Gasteiger partial charge < -0.3 is 10.6 Å². The predicted octanol–water partition coefficient (Wildman–Crippen LogP) is 1.28. The fourth-order valence-corrected chi connectivity index (χ4v) is 3.80. The number of primary amides is 1. The number of hydrogen-bond donors (Lipinski definition) is 1. The maximum absolute atomic E-state index is 12.4. The summed E-state index contributed by atoms with van der Waals surface area (Å²) in [5.41, 5.74) is 6.10. The van der Waals surface area contributed by atoms with Gasteiger partial charge in [-0.05, 0) is 30.2 Å². The molecule has 1 aliphatic heterocycles. The first-order valence-electron chi connectivity index (χ1n) is 6.76. The molecule has 0 bridgehead atoms. The molecule has 1 aromatic rings. The van der Waals surface area contributed by atoms with Crippen molar-refractivity contribution in [2.45, 2.75) is 17.7 Å². The van der Waals surface area contributed by atoms with Crippen LogP contribution in [0.15, 0.2) is 29.2 Å². The van der Waals surface area contributed by atoms with Gasteiger partial charge in [-0.2, -0.15) is 0 Å². The molecule has 5 heteroatoms. The number of nitrogens with zero attached hydrogens (tertiary/aromatic N) is 1. The third-order valence-electron chi connectivity index (χ3n) is 4.52. The van der Waals surface area contributed by atoms with E-state index in [1.165, 1.54) is 0 Å². The van der Waals surface area contributed by atoms with E-state index in [0.29, 0.717) is 25.4 Å². The Bertz CT molecular complexity index is 575. The Morgan fingerprint density at radius 3 is 2.85 bits per heavy atom. The molecule has 1 saturated heterocycles. The standard InChI is InChI=1S/C15H18N2O2S/c1-20-12-5-3-2-4-10(12)6-13(18)17-8-11-7-15(11,9-17)14(16)19/h2-5,11H,6-9H2,1H3,(H2,16,19)/t11-,15-/m0/s1. The molecule has 106 valence electrons. The van der Waals surface area contributed by atoms with E-state index in [1.54, 1.807) is 16.7 Å². The molecular weight excluding hydrogens is 272 g/mol. The van der Waals surface area contributed by atoms with Gasteiger partial charge in [-0.1, -0.05) is 18.2 Å². The smallest absolute Gasteiger partial charge is 0.227 e. The first-order chi connectivity index (χ1) is 9.56. The monoisotopic (exact) mass is 290 g/mol. The summed E-state index contributed by atoms with van der Waals surface area (Å²) in [7, 11) is 0. The summed E-state index contributed by atoms with van der Waals surface area (Å²) < 4.78 is 0. The zero-order chi connectivity index (χ0) is 14.3. The van der Waals surface area contributed by atoms with Crippen LogP contribution >= 0.6 is 11.8 Å². The lowest BCUT2D eigenvalue weighted by Crippen LogP contribution is -2.36. The van der Waals surface area contributed by atoms with Crippen LogP contribution in [0.3, 0.4) is 0 Å². The van der Waals surface area contributed by atoms with Gasteiger partial charge in [0.2, 0.25) is 11.8 Å². The van der Waals surface area contributed by atoms with E-state index >= 15 is 0 Å². The Balaban J connectivity index is 1.68. The van der Waals surface area contributed by atoms with E-state index in [4.69, 9.17) is 5.73 Å². The molecule has 0 spiro atoms. The highest BCUT2D eigenvalue weighted by molar-refractivity contribution is 7.98. The second-order valence-electron chi connectivity index (χ2n) is 5.68. The summed E-state index contributed by atoms with van der Waals surface area (Å²) in [5.74, 6) is 0.140. The van der Waals surface area contributed by atoms with E-state index in [0.717, 1.165) is 16.9 Å². The van der Waals surface area contributed by atoms with Crippen molar-refractivity contribution in [1.82, 2.24) is 4.90 Å². The molecule has 2 atom stereocenters. The number of nitrogens with two attached hydrogens (primary N) is 1. The number of piperidine rings is 1. The summed E-state index contributed by atoms with van der Waals surface area (Å²) in [6.45, 7) is 1.19. The Morgan fingerprint density at radius 2 is 2.20 bits per heavy atom. The van der Waals surface area contributed by atoms with Crippen molar-refractivity contribution in [1.29, 1.82) is 0 Å². The SMILES string of the molecule is CSc1ccccc1CC(=O)N1C[C@@H]2C[C@]2(C(N)=O)C1. The lowest BCUT2D eigenvalue weighted by Gasteiger charge is -2.20. The number of carbonyl (C=O) groups is 2. The normalized spacial score (nSPS) is 27.2. The van der Waals surface area contributed by atoms with Crippen LogP contribution in [-0.2, 0) is 16.0 Å². The van der Waals surface area contributed by atoms with E-state index in [2.05, 4.69) is 0 Å². The van der Waals surface area contributed by atoms with Crippen LogP contribution in [0.25, 0.3) is 0 Å². The first kappa shape index (κ1) is 13.5. The van der Waals surface area contributed by atoms with Crippen molar-refractivity contribution in [3.63, 3.8) is 0 Å². The number of amides is 2. The molecule has 1 aromatic carbocycles. The molecule has 1 saturated carbocycles. The fourth-order valence-electron chi connectivity index (χ4n) is 3.18. The molecule has 3 rings (SSSR count). The summed E-state index contributed by atoms with van der Waals surface area (Å²) in [5, 5.41) is 0. The molecule has 0 radical (unpaired) electrons. The van der Waals surface area contributed by atoms with Crippen molar-refractivity contribution in [2.75, 3.05) is 19.3 Å². The number of carbonyl (C=O) groups excluding carboxylic acids is 2. The lowest BCUT2D eigenvalue weighted by atomic mass is 10.1. The Morgan fingerprint density at radius 1 is 1.45 bits per heavy atom. The number of hydrogen-bond acceptors (Lipinski definition) is 3. The number of rotatable bonds is 4. The average molecular weight is 290 g/mol. The van der Waals surface area contributed by atoms with Gasteiger partial charge in [0.25, 0.3) is 0 Å². The molecule has 2 N–H and O–H groups in total. The highest BCUT2D eigenvalue weighted by Gasteiger charge is 2.64. The van der Waals surface area contributed by atoms with Gasteiger partial charge in [0, 0.05) is 18.0 Å². The molecule has 4 nitrogen and oxygen atoms in total. The third kappa shape index (κ3) is 2.10. The van der Waals surface area contributed by atoms with Gasteiger partial charge in [0.15, 0.2) is 0 Å². The summed E-state index contributed by atoms with van der Waals surface area (Å²) in [6, 6.07) is 7.95. The quantitative estimate of drug-likeness (QED) is 0.850. The van der Waals surface area contributed by atoms with Gasteiger partial charge in [0.1, 0.15) is 0 Å². The minimum absolute atomic E-state index is 0.0966. The highest BCUT2D eigenvalue weighted by Crippen LogP contribution is 2.57. The maximum Gasteiger partial charge on any atom is 0.227 e. The van der Waals surface area contributed by atoms with Crippen LogP contribution in [0.5, 0.6) is 0 Å². The zero-order valence-electron chi connectivity index (χ0n) is 11.5. The second kappa shape index (κ2) is 4.81. The second-order valence-corrected chi connectivity index (χ2v) is 6.53. The molecule has 0 unspecified atom stereocenters. The van der Waals surface area contributed by atoms with Gasteiger partial charge in [-0.3, -0.25) is 9.59 Å². The van der Waals surface area contributed by atoms with Crippen molar-refractivity contribution >= 4 is 23.6 Å². The van der Waals surface area contributed by atoms with Crippen LogP contribution < -0.4 is 5.73 Å². The Kier molecular flexibility index (Phi) is 3.24. The maximum atomic E-state index is 12.4. The van der Waals surface area contributed by atoms with Crippen molar-refractivity contribution in [3.05, 3.63) is 29.8 Å². The minimum atomic E-state index is -0.408. The molecule has 20 heavy (non-hydrogen) atoms. The van der Waals surface area contributed by atoms with Gasteiger partial charge in [0.05, 0.1) is 11.8 Å². The number of fused-ring (bicyclic) bond motifs is 1. The van der Waals surface area contributed by atoms with E-state index < -0.39 is 5.41 Å². The zero-order valence-corrected chi connectivity index (χ0v) is 12.3. The number of benzene rings is 1. The van der Waals surface area contributed by atoms with Crippen LogP contribution in [-0.4, -0.2) is 36.1 Å². The highest BCUT2D eigenvalue weighted by atomic mass is 32.2. The summed E-state index contributed by atoms with van der Waals surface area (Å²) in [4.78, 5) is 26.8. The third-order valence-corrected chi connectivity index (χ3v) is 5.36. The summed E-state index contributed by atoms with van der Waals surface area (Å²) >= 11 is 1.65. The molecule has 1 aliphatic carbocycles. The Hall–Kier alpha value is -1.49. The summed E-state index contributed by atoms with van der Waals surface area (Å²) in [6.07, 6.45) is 3.27. The minimum Gasteiger partial charge on any atom is -0.369 e.